The molecular formula is C12H16N2O2S. The van der Waals surface area contributed by atoms with Crippen LogP contribution in [0.1, 0.15) is 12.3 Å². The van der Waals surface area contributed by atoms with E-state index in [1.165, 1.54) is 0 Å². The summed E-state index contributed by atoms with van der Waals surface area (Å²) in [5.41, 5.74) is 8.03. The van der Waals surface area contributed by atoms with Gasteiger partial charge in [-0.15, -0.1) is 0 Å². The molecular weight excluding hydrogens is 236 g/mol. The normalized spacial score (nSPS) is 11.1. The van der Waals surface area contributed by atoms with Gasteiger partial charge < -0.3 is 14.9 Å². The van der Waals surface area contributed by atoms with Crippen LogP contribution in [0.25, 0.3) is 11.1 Å². The largest absolute Gasteiger partial charge is 0.440 e. The molecule has 0 atom stereocenters. The monoisotopic (exact) mass is 252 g/mol. The minimum atomic E-state index is 0.713. The second kappa shape index (κ2) is 5.93. The van der Waals surface area contributed by atoms with Crippen LogP contribution in [0.5, 0.6) is 0 Å². The third kappa shape index (κ3) is 3.38. The van der Waals surface area contributed by atoms with Gasteiger partial charge in [0.1, 0.15) is 5.52 Å². The summed E-state index contributed by atoms with van der Waals surface area (Å²) in [6.45, 7) is 0.803. The van der Waals surface area contributed by atoms with E-state index >= 15 is 0 Å². The molecule has 2 N–H and O–H groups in total. The van der Waals surface area contributed by atoms with E-state index in [4.69, 9.17) is 14.9 Å². The fourth-order valence-electron chi connectivity index (χ4n) is 1.52. The van der Waals surface area contributed by atoms with Crippen molar-refractivity contribution in [1.29, 1.82) is 0 Å². The van der Waals surface area contributed by atoms with Crippen molar-refractivity contribution in [3.05, 3.63) is 24.1 Å². The summed E-state index contributed by atoms with van der Waals surface area (Å²) in [6.07, 6.45) is 1.05. The van der Waals surface area contributed by atoms with E-state index in [0.717, 1.165) is 41.5 Å². The zero-order valence-corrected chi connectivity index (χ0v) is 10.6. The van der Waals surface area contributed by atoms with Gasteiger partial charge in [0.05, 0.1) is 5.75 Å². The van der Waals surface area contributed by atoms with Crippen LogP contribution >= 0.6 is 11.8 Å². The molecule has 0 unspecified atom stereocenters. The molecule has 1 aromatic carbocycles. The highest BCUT2D eigenvalue weighted by atomic mass is 32.2. The molecule has 4 nitrogen and oxygen atoms in total. The summed E-state index contributed by atoms with van der Waals surface area (Å²) in [5.74, 6) is 2.60. The Labute approximate surface area is 105 Å². The Hall–Kier alpha value is -1.20. The number of nitrogen functional groups attached to an aromatic ring is 1. The molecule has 0 spiro atoms. The Kier molecular flexibility index (Phi) is 4.28. The van der Waals surface area contributed by atoms with Crippen LogP contribution in [0.4, 0.5) is 5.69 Å². The first-order valence-electron chi connectivity index (χ1n) is 5.51. The van der Waals surface area contributed by atoms with E-state index in [1.54, 1.807) is 18.9 Å². The maximum atomic E-state index is 5.69. The molecule has 2 rings (SSSR count). The molecule has 2 aromatic rings. The molecule has 0 radical (unpaired) electrons. The number of hydrogen-bond donors (Lipinski definition) is 1. The molecule has 0 aliphatic rings. The maximum Gasteiger partial charge on any atom is 0.205 e. The molecule has 5 heteroatoms. The Bertz CT molecular complexity index is 484. The quantitative estimate of drug-likeness (QED) is 0.632. The first-order valence-corrected chi connectivity index (χ1v) is 6.66. The lowest BCUT2D eigenvalue weighted by Crippen LogP contribution is -1.91. The predicted octanol–water partition coefficient (Wildman–Crippen LogP) is 2.68. The zero-order valence-electron chi connectivity index (χ0n) is 9.81. The number of oxazole rings is 1. The lowest BCUT2D eigenvalue weighted by Gasteiger charge is -1.97. The van der Waals surface area contributed by atoms with E-state index in [0.29, 0.717) is 5.69 Å². The summed E-state index contributed by atoms with van der Waals surface area (Å²) >= 11 is 1.80. The average molecular weight is 252 g/mol. The van der Waals surface area contributed by atoms with E-state index in [2.05, 4.69) is 4.98 Å². The molecule has 1 heterocycles. The van der Waals surface area contributed by atoms with Crippen LogP contribution in [0.15, 0.2) is 22.6 Å². The number of methoxy groups -OCH3 is 1. The number of nitrogens with zero attached hydrogens (tertiary/aromatic N) is 1. The fraction of sp³-hybridized carbons (Fsp3) is 0.417. The SMILES string of the molecule is COCCCSCc1nc2cc(N)ccc2o1. The van der Waals surface area contributed by atoms with Crippen molar-refractivity contribution in [2.75, 3.05) is 25.2 Å². The topological polar surface area (TPSA) is 61.3 Å². The molecule has 0 amide bonds. The molecule has 17 heavy (non-hydrogen) atoms. The van der Waals surface area contributed by atoms with Gasteiger partial charge in [-0.2, -0.15) is 11.8 Å². The van der Waals surface area contributed by atoms with Gasteiger partial charge >= 0.3 is 0 Å². The highest BCUT2D eigenvalue weighted by Crippen LogP contribution is 2.21. The van der Waals surface area contributed by atoms with E-state index in [9.17, 15) is 0 Å². The highest BCUT2D eigenvalue weighted by molar-refractivity contribution is 7.98. The van der Waals surface area contributed by atoms with Crippen molar-refractivity contribution < 1.29 is 9.15 Å². The van der Waals surface area contributed by atoms with Crippen LogP contribution in [0.2, 0.25) is 0 Å². The standard InChI is InChI=1S/C12H16N2O2S/c1-15-5-2-6-17-8-12-14-10-7-9(13)3-4-11(10)16-12/h3-4,7H,2,5-6,8,13H2,1H3. The average Bonchev–Trinajstić information content (AvgIpc) is 2.70. The minimum absolute atomic E-state index is 0.713. The summed E-state index contributed by atoms with van der Waals surface area (Å²) in [5, 5.41) is 0. The Morgan fingerprint density at radius 1 is 1.47 bits per heavy atom. The third-order valence-corrected chi connectivity index (χ3v) is 3.35. The van der Waals surface area contributed by atoms with Crippen LogP contribution in [-0.4, -0.2) is 24.5 Å². The Morgan fingerprint density at radius 3 is 3.18 bits per heavy atom. The second-order valence-corrected chi connectivity index (χ2v) is 4.84. The van der Waals surface area contributed by atoms with E-state index < -0.39 is 0 Å². The van der Waals surface area contributed by atoms with Crippen LogP contribution in [0.3, 0.4) is 0 Å². The first kappa shape index (κ1) is 12.3. The fourth-order valence-corrected chi connectivity index (χ4v) is 2.28. The van der Waals surface area contributed by atoms with Gasteiger partial charge in [0.2, 0.25) is 5.89 Å². The predicted molar refractivity (Wildman–Crippen MR) is 71.1 cm³/mol. The number of benzene rings is 1. The second-order valence-electron chi connectivity index (χ2n) is 3.73. The molecule has 0 bridgehead atoms. The lowest BCUT2D eigenvalue weighted by molar-refractivity contribution is 0.200. The van der Waals surface area contributed by atoms with Crippen molar-refractivity contribution in [1.82, 2.24) is 4.98 Å². The number of fused-ring (bicyclic) bond motifs is 1. The van der Waals surface area contributed by atoms with Gasteiger partial charge in [0.25, 0.3) is 0 Å². The molecule has 0 fully saturated rings. The molecule has 92 valence electrons. The summed E-state index contributed by atoms with van der Waals surface area (Å²) in [4.78, 5) is 4.39. The summed E-state index contributed by atoms with van der Waals surface area (Å²) < 4.78 is 10.6. The number of anilines is 1. The van der Waals surface area contributed by atoms with Crippen LogP contribution in [-0.2, 0) is 10.5 Å². The third-order valence-electron chi connectivity index (χ3n) is 2.32. The molecule has 0 saturated heterocycles. The van der Waals surface area contributed by atoms with Crippen LogP contribution < -0.4 is 5.73 Å². The summed E-state index contributed by atoms with van der Waals surface area (Å²) in [7, 11) is 1.72. The molecule has 0 saturated carbocycles. The minimum Gasteiger partial charge on any atom is -0.440 e. The Morgan fingerprint density at radius 2 is 2.35 bits per heavy atom. The van der Waals surface area contributed by atoms with Crippen molar-refractivity contribution in [3.63, 3.8) is 0 Å². The highest BCUT2D eigenvalue weighted by Gasteiger charge is 2.05. The van der Waals surface area contributed by atoms with Crippen molar-refractivity contribution in [2.45, 2.75) is 12.2 Å². The number of rotatable bonds is 6. The smallest absolute Gasteiger partial charge is 0.205 e. The lowest BCUT2D eigenvalue weighted by atomic mass is 10.3. The maximum absolute atomic E-state index is 5.69. The number of hydrogen-bond acceptors (Lipinski definition) is 5. The molecule has 0 aliphatic heterocycles. The molecule has 0 aliphatic carbocycles. The van der Waals surface area contributed by atoms with Gasteiger partial charge in [-0.3, -0.25) is 0 Å². The zero-order chi connectivity index (χ0) is 12.1. The van der Waals surface area contributed by atoms with Crippen molar-refractivity contribution >= 4 is 28.5 Å². The van der Waals surface area contributed by atoms with Gasteiger partial charge in [-0.05, 0) is 30.4 Å². The summed E-state index contributed by atoms with van der Waals surface area (Å²) in [6, 6.07) is 5.51. The van der Waals surface area contributed by atoms with Crippen molar-refractivity contribution in [2.24, 2.45) is 0 Å². The Balaban J connectivity index is 1.91. The van der Waals surface area contributed by atoms with Gasteiger partial charge in [0.15, 0.2) is 5.58 Å². The number of nitrogens with two attached hydrogens (primary N) is 1. The number of ether oxygens (including phenoxy) is 1. The number of thioether (sulfide) groups is 1. The van der Waals surface area contributed by atoms with E-state index in [-0.39, 0.29) is 0 Å². The van der Waals surface area contributed by atoms with E-state index in [1.807, 2.05) is 18.2 Å². The first-order chi connectivity index (χ1) is 8.29. The van der Waals surface area contributed by atoms with Crippen LogP contribution in [0, 0.1) is 0 Å². The van der Waals surface area contributed by atoms with Gasteiger partial charge in [0, 0.05) is 19.4 Å². The van der Waals surface area contributed by atoms with Gasteiger partial charge in [-0.1, -0.05) is 0 Å². The van der Waals surface area contributed by atoms with Crippen molar-refractivity contribution in [3.8, 4) is 0 Å². The molecule has 1 aromatic heterocycles. The number of aromatic nitrogens is 1. The van der Waals surface area contributed by atoms with Gasteiger partial charge in [-0.25, -0.2) is 4.98 Å².